The molecule has 0 amide bonds. The summed E-state index contributed by atoms with van der Waals surface area (Å²) in [6.45, 7) is 3.80. The first-order valence-corrected chi connectivity index (χ1v) is 13.0. The van der Waals surface area contributed by atoms with Crippen LogP contribution in [0, 0.1) is 5.82 Å². The van der Waals surface area contributed by atoms with Crippen molar-refractivity contribution in [2.45, 2.75) is 19.3 Å². The van der Waals surface area contributed by atoms with Crippen LogP contribution >= 0.6 is 0 Å². The molecule has 6 heteroatoms. The number of nitrogens with zero attached hydrogens (tertiary/aromatic N) is 1. The average molecular weight is 514 g/mol. The zero-order valence-corrected chi connectivity index (χ0v) is 21.8. The molecule has 5 rings (SSSR count). The van der Waals surface area contributed by atoms with E-state index in [1.807, 2.05) is 42.5 Å². The van der Waals surface area contributed by atoms with E-state index in [-0.39, 0.29) is 11.5 Å². The van der Waals surface area contributed by atoms with Crippen LogP contribution in [0.4, 0.5) is 4.39 Å². The van der Waals surface area contributed by atoms with Crippen molar-refractivity contribution in [3.8, 4) is 28.4 Å². The van der Waals surface area contributed by atoms with Crippen LogP contribution in [0.1, 0.15) is 35.2 Å². The third-order valence-corrected chi connectivity index (χ3v) is 7.16. The van der Waals surface area contributed by atoms with Gasteiger partial charge in [0.15, 0.2) is 17.3 Å². The van der Waals surface area contributed by atoms with E-state index in [1.165, 1.54) is 32.4 Å². The topological polar surface area (TPSA) is 48.0 Å². The minimum atomic E-state index is -0.453. The molecule has 0 aliphatic carbocycles. The van der Waals surface area contributed by atoms with Crippen LogP contribution in [0.15, 0.2) is 72.8 Å². The number of halogens is 1. The van der Waals surface area contributed by atoms with Gasteiger partial charge in [-0.2, -0.15) is 0 Å². The number of hydrogen-bond donors (Lipinski definition) is 0. The predicted octanol–water partition coefficient (Wildman–Crippen LogP) is 6.76. The Kier molecular flexibility index (Phi) is 7.89. The highest BCUT2D eigenvalue weighted by Gasteiger charge is 2.20. The Hall–Kier alpha value is -3.90. The van der Waals surface area contributed by atoms with E-state index in [9.17, 15) is 9.18 Å². The summed E-state index contributed by atoms with van der Waals surface area (Å²) in [5.74, 6) is 0.995. The van der Waals surface area contributed by atoms with Crippen molar-refractivity contribution in [3.63, 3.8) is 0 Å². The van der Waals surface area contributed by atoms with Gasteiger partial charge in [0.2, 0.25) is 0 Å². The molecule has 0 bridgehead atoms. The monoisotopic (exact) mass is 513 g/mol. The number of fused-ring (bicyclic) bond motifs is 1. The first kappa shape index (κ1) is 25.7. The molecule has 0 saturated carbocycles. The molecule has 38 heavy (non-hydrogen) atoms. The Morgan fingerprint density at radius 1 is 0.842 bits per heavy atom. The number of hydrogen-bond acceptors (Lipinski definition) is 5. The van der Waals surface area contributed by atoms with Gasteiger partial charge in [0.25, 0.3) is 0 Å². The maximum atomic E-state index is 14.2. The summed E-state index contributed by atoms with van der Waals surface area (Å²) in [5.41, 5.74) is 2.49. The summed E-state index contributed by atoms with van der Waals surface area (Å²) < 4.78 is 30.7. The molecule has 0 aromatic heterocycles. The lowest BCUT2D eigenvalue weighted by Crippen LogP contribution is -2.33. The molecule has 1 heterocycles. The maximum Gasteiger partial charge on any atom is 0.194 e. The van der Waals surface area contributed by atoms with Crippen LogP contribution in [0.3, 0.4) is 0 Å². The second-order valence-corrected chi connectivity index (χ2v) is 9.53. The summed E-state index contributed by atoms with van der Waals surface area (Å²) in [6, 6.07) is 21.4. The maximum absolute atomic E-state index is 14.2. The lowest BCUT2D eigenvalue weighted by molar-refractivity contribution is 0.104. The summed E-state index contributed by atoms with van der Waals surface area (Å²) >= 11 is 0. The van der Waals surface area contributed by atoms with Gasteiger partial charge in [0.05, 0.1) is 14.2 Å². The van der Waals surface area contributed by atoms with Crippen molar-refractivity contribution in [1.29, 1.82) is 0 Å². The molecular weight excluding hydrogens is 481 g/mol. The van der Waals surface area contributed by atoms with Crippen molar-refractivity contribution in [3.05, 3.63) is 89.7 Å². The number of methoxy groups -OCH3 is 2. The number of likely N-dealkylation sites (tertiary alicyclic amines) is 1. The number of piperidine rings is 1. The molecule has 4 aromatic carbocycles. The molecule has 0 unspecified atom stereocenters. The quantitative estimate of drug-likeness (QED) is 0.232. The van der Waals surface area contributed by atoms with E-state index in [2.05, 4.69) is 4.90 Å². The molecule has 1 fully saturated rings. The fourth-order valence-electron chi connectivity index (χ4n) is 5.07. The third kappa shape index (κ3) is 5.50. The van der Waals surface area contributed by atoms with Crippen LogP contribution in [0.2, 0.25) is 0 Å². The number of rotatable bonds is 9. The smallest absolute Gasteiger partial charge is 0.194 e. The Bertz CT molecular complexity index is 1430. The van der Waals surface area contributed by atoms with E-state index in [4.69, 9.17) is 14.2 Å². The van der Waals surface area contributed by atoms with Gasteiger partial charge in [0, 0.05) is 17.7 Å². The molecule has 1 saturated heterocycles. The van der Waals surface area contributed by atoms with Crippen molar-refractivity contribution in [2.75, 3.05) is 40.5 Å². The first-order valence-electron chi connectivity index (χ1n) is 13.0. The van der Waals surface area contributed by atoms with Gasteiger partial charge in [-0.05, 0) is 102 Å². The molecule has 0 N–H and O–H groups in total. The molecule has 1 aliphatic heterocycles. The lowest BCUT2D eigenvalue weighted by Gasteiger charge is -2.26. The van der Waals surface area contributed by atoms with E-state index in [0.29, 0.717) is 34.6 Å². The van der Waals surface area contributed by atoms with E-state index in [1.54, 1.807) is 31.4 Å². The fourth-order valence-corrected chi connectivity index (χ4v) is 5.07. The van der Waals surface area contributed by atoms with Gasteiger partial charge in [-0.3, -0.25) is 9.69 Å². The summed E-state index contributed by atoms with van der Waals surface area (Å²) in [4.78, 5) is 16.4. The normalized spacial score (nSPS) is 13.9. The zero-order valence-electron chi connectivity index (χ0n) is 21.8. The Labute approximate surface area is 222 Å². The second-order valence-electron chi connectivity index (χ2n) is 9.53. The zero-order chi connectivity index (χ0) is 26.5. The summed E-state index contributed by atoms with van der Waals surface area (Å²) in [5, 5.41) is 1.67. The lowest BCUT2D eigenvalue weighted by atomic mass is 9.89. The summed E-state index contributed by atoms with van der Waals surface area (Å²) in [6.07, 6.45) is 3.82. The number of ether oxygens (including phenoxy) is 3. The molecule has 1 aliphatic rings. The highest BCUT2D eigenvalue weighted by Crippen LogP contribution is 2.36. The van der Waals surface area contributed by atoms with Crippen molar-refractivity contribution in [2.24, 2.45) is 0 Å². The SMILES string of the molecule is COc1ccc2c(C(=O)c3ccc(OCCN4CCCCC4)cc3)c(-c3ccc(F)c(OC)c3)ccc2c1. The summed E-state index contributed by atoms with van der Waals surface area (Å²) in [7, 11) is 3.04. The molecule has 4 aromatic rings. The number of ketones is 1. The minimum absolute atomic E-state index is 0.126. The Balaban J connectivity index is 1.46. The minimum Gasteiger partial charge on any atom is -0.497 e. The Morgan fingerprint density at radius 2 is 1.61 bits per heavy atom. The van der Waals surface area contributed by atoms with Crippen LogP contribution < -0.4 is 14.2 Å². The van der Waals surface area contributed by atoms with Crippen molar-refractivity contribution >= 4 is 16.6 Å². The van der Waals surface area contributed by atoms with E-state index < -0.39 is 5.82 Å². The molecule has 0 radical (unpaired) electrons. The number of carbonyl (C=O) groups excluding carboxylic acids is 1. The molecule has 5 nitrogen and oxygen atoms in total. The van der Waals surface area contributed by atoms with Gasteiger partial charge in [-0.15, -0.1) is 0 Å². The van der Waals surface area contributed by atoms with Gasteiger partial charge in [-0.1, -0.05) is 24.6 Å². The van der Waals surface area contributed by atoms with Crippen LogP contribution in [0.25, 0.3) is 21.9 Å². The standard InChI is InChI=1S/C32H32FNO4/c1-36-26-12-14-28-23(20-26)8-13-27(24-9-15-29(33)30(21-24)37-2)31(28)32(35)22-6-10-25(11-7-22)38-19-18-34-16-4-3-5-17-34/h6-15,20-21H,3-5,16-19H2,1-2H3. The van der Waals surface area contributed by atoms with Gasteiger partial charge in [0.1, 0.15) is 18.1 Å². The Morgan fingerprint density at radius 3 is 2.34 bits per heavy atom. The average Bonchev–Trinajstić information content (AvgIpc) is 2.97. The first-order chi connectivity index (χ1) is 18.6. The highest BCUT2D eigenvalue weighted by molar-refractivity contribution is 6.20. The van der Waals surface area contributed by atoms with Crippen molar-refractivity contribution < 1.29 is 23.4 Å². The van der Waals surface area contributed by atoms with Gasteiger partial charge < -0.3 is 14.2 Å². The molecule has 0 atom stereocenters. The van der Waals surface area contributed by atoms with Gasteiger partial charge in [-0.25, -0.2) is 4.39 Å². The predicted molar refractivity (Wildman–Crippen MR) is 148 cm³/mol. The highest BCUT2D eigenvalue weighted by atomic mass is 19.1. The molecule has 0 spiro atoms. The van der Waals surface area contributed by atoms with E-state index >= 15 is 0 Å². The van der Waals surface area contributed by atoms with Gasteiger partial charge >= 0.3 is 0 Å². The van der Waals surface area contributed by atoms with Crippen LogP contribution in [0.5, 0.6) is 17.2 Å². The molecule has 196 valence electrons. The second kappa shape index (κ2) is 11.7. The largest absolute Gasteiger partial charge is 0.497 e. The number of carbonyl (C=O) groups is 1. The molecular formula is C32H32FNO4. The third-order valence-electron chi connectivity index (χ3n) is 7.16. The van der Waals surface area contributed by atoms with Crippen LogP contribution in [-0.2, 0) is 0 Å². The van der Waals surface area contributed by atoms with Crippen molar-refractivity contribution in [1.82, 2.24) is 4.90 Å². The fraction of sp³-hybridized carbons (Fsp3) is 0.281. The van der Waals surface area contributed by atoms with E-state index in [0.717, 1.165) is 36.2 Å². The van der Waals surface area contributed by atoms with Crippen LogP contribution in [-0.4, -0.2) is 51.1 Å². The number of benzene rings is 4.